The lowest BCUT2D eigenvalue weighted by molar-refractivity contribution is -0.132. The maximum absolute atomic E-state index is 12.9. The molecule has 1 amide bonds. The SMILES string of the molecule is N#Cc1ccccc1S(=O)(=O)N1CCN(C(=O)CCc2ncc(-c3ccc(Cl)cc3)o2)CC1. The van der Waals surface area contributed by atoms with E-state index in [4.69, 9.17) is 16.0 Å². The van der Waals surface area contributed by atoms with Gasteiger partial charge in [-0.3, -0.25) is 4.79 Å². The summed E-state index contributed by atoms with van der Waals surface area (Å²) >= 11 is 5.90. The smallest absolute Gasteiger partial charge is 0.244 e. The molecule has 0 N–H and O–H groups in total. The number of carbonyl (C=O) groups is 1. The van der Waals surface area contributed by atoms with Gasteiger partial charge in [0.2, 0.25) is 15.9 Å². The molecule has 0 unspecified atom stereocenters. The minimum atomic E-state index is -3.80. The predicted molar refractivity (Wildman–Crippen MR) is 122 cm³/mol. The van der Waals surface area contributed by atoms with Crippen LogP contribution in [0.1, 0.15) is 17.9 Å². The molecule has 1 aliphatic rings. The fourth-order valence-corrected chi connectivity index (χ4v) is 5.34. The molecule has 10 heteroatoms. The average Bonchev–Trinajstić information content (AvgIpc) is 3.32. The number of hydrogen-bond donors (Lipinski definition) is 0. The number of nitrogens with zero attached hydrogens (tertiary/aromatic N) is 4. The van der Waals surface area contributed by atoms with Crippen LogP contribution in [-0.4, -0.2) is 54.7 Å². The van der Waals surface area contributed by atoms with Crippen LogP contribution in [0, 0.1) is 11.3 Å². The normalized spacial score (nSPS) is 14.7. The summed E-state index contributed by atoms with van der Waals surface area (Å²) in [5, 5.41) is 9.85. The standard InChI is InChI=1S/C23H21ClN4O4S/c24-19-7-5-17(6-8-19)20-16-26-22(32-20)9-10-23(29)27-11-13-28(14-12-27)33(30,31)21-4-2-1-3-18(21)15-25/h1-8,16H,9-14H2. The van der Waals surface area contributed by atoms with Gasteiger partial charge in [0.15, 0.2) is 11.7 Å². The van der Waals surface area contributed by atoms with E-state index in [0.717, 1.165) is 5.56 Å². The number of nitriles is 1. The van der Waals surface area contributed by atoms with Gasteiger partial charge in [0.05, 0.1) is 16.7 Å². The number of hydrogen-bond acceptors (Lipinski definition) is 6. The second-order valence-corrected chi connectivity index (χ2v) is 9.86. The minimum Gasteiger partial charge on any atom is -0.441 e. The third-order valence-corrected chi connectivity index (χ3v) is 7.66. The number of carbonyl (C=O) groups excluding carboxylic acids is 1. The summed E-state index contributed by atoms with van der Waals surface area (Å²) in [7, 11) is -3.80. The third kappa shape index (κ3) is 5.09. The Morgan fingerprint density at radius 3 is 2.48 bits per heavy atom. The van der Waals surface area contributed by atoms with Gasteiger partial charge in [-0.2, -0.15) is 9.57 Å². The minimum absolute atomic E-state index is 0.00679. The number of rotatable bonds is 6. The summed E-state index contributed by atoms with van der Waals surface area (Å²) in [6.45, 7) is 0.921. The van der Waals surface area contributed by atoms with Crippen molar-refractivity contribution in [2.75, 3.05) is 26.2 Å². The number of amides is 1. The Bertz CT molecular complexity index is 1290. The lowest BCUT2D eigenvalue weighted by Crippen LogP contribution is -2.50. The van der Waals surface area contributed by atoms with E-state index in [1.807, 2.05) is 18.2 Å². The Labute approximate surface area is 197 Å². The third-order valence-electron chi connectivity index (χ3n) is 5.45. The zero-order valence-electron chi connectivity index (χ0n) is 17.6. The first-order chi connectivity index (χ1) is 15.9. The summed E-state index contributed by atoms with van der Waals surface area (Å²) in [6.07, 6.45) is 2.18. The molecule has 0 bridgehead atoms. The van der Waals surface area contributed by atoms with Crippen molar-refractivity contribution in [2.45, 2.75) is 17.7 Å². The van der Waals surface area contributed by atoms with E-state index in [9.17, 15) is 18.5 Å². The fourth-order valence-electron chi connectivity index (χ4n) is 3.65. The van der Waals surface area contributed by atoms with Gasteiger partial charge in [-0.15, -0.1) is 0 Å². The van der Waals surface area contributed by atoms with Gasteiger partial charge in [0.1, 0.15) is 6.07 Å². The highest BCUT2D eigenvalue weighted by Gasteiger charge is 2.31. The van der Waals surface area contributed by atoms with E-state index in [0.29, 0.717) is 23.1 Å². The Morgan fingerprint density at radius 2 is 1.79 bits per heavy atom. The highest BCUT2D eigenvalue weighted by atomic mass is 35.5. The summed E-state index contributed by atoms with van der Waals surface area (Å²) in [5.41, 5.74) is 0.958. The first kappa shape index (κ1) is 23.0. The van der Waals surface area contributed by atoms with E-state index in [2.05, 4.69) is 4.98 Å². The molecule has 1 saturated heterocycles. The number of benzene rings is 2. The van der Waals surface area contributed by atoms with Crippen LogP contribution in [-0.2, 0) is 21.2 Å². The molecule has 0 atom stereocenters. The number of aryl methyl sites for hydroxylation is 1. The molecule has 4 rings (SSSR count). The first-order valence-corrected chi connectivity index (χ1v) is 12.2. The number of sulfonamides is 1. The quantitative estimate of drug-likeness (QED) is 0.531. The van der Waals surface area contributed by atoms with Crippen molar-refractivity contribution < 1.29 is 17.6 Å². The van der Waals surface area contributed by atoms with Gasteiger partial charge in [-0.05, 0) is 36.4 Å². The van der Waals surface area contributed by atoms with Crippen molar-refractivity contribution in [1.82, 2.24) is 14.2 Å². The van der Waals surface area contributed by atoms with Crippen molar-refractivity contribution in [3.8, 4) is 17.4 Å². The molecule has 0 spiro atoms. The monoisotopic (exact) mass is 484 g/mol. The molecule has 170 valence electrons. The van der Waals surface area contributed by atoms with Crippen molar-refractivity contribution in [3.05, 3.63) is 71.2 Å². The van der Waals surface area contributed by atoms with Crippen molar-refractivity contribution in [1.29, 1.82) is 5.26 Å². The molecular formula is C23H21ClN4O4S. The van der Waals surface area contributed by atoms with Gasteiger partial charge < -0.3 is 9.32 Å². The molecule has 1 fully saturated rings. The van der Waals surface area contributed by atoms with E-state index in [-0.39, 0.29) is 49.0 Å². The van der Waals surface area contributed by atoms with Crippen molar-refractivity contribution >= 4 is 27.5 Å². The van der Waals surface area contributed by atoms with Crippen molar-refractivity contribution in [3.63, 3.8) is 0 Å². The molecule has 8 nitrogen and oxygen atoms in total. The van der Waals surface area contributed by atoms with Crippen LogP contribution < -0.4 is 0 Å². The van der Waals surface area contributed by atoms with Crippen LogP contribution >= 0.6 is 11.6 Å². The lowest BCUT2D eigenvalue weighted by Gasteiger charge is -2.34. The van der Waals surface area contributed by atoms with Crippen LogP contribution in [0.25, 0.3) is 11.3 Å². The lowest BCUT2D eigenvalue weighted by atomic mass is 10.2. The number of halogens is 1. The van der Waals surface area contributed by atoms with Crippen LogP contribution in [0.15, 0.2) is 64.0 Å². The second-order valence-electron chi connectivity index (χ2n) is 7.52. The number of aromatic nitrogens is 1. The van der Waals surface area contributed by atoms with E-state index < -0.39 is 10.0 Å². The van der Waals surface area contributed by atoms with Crippen LogP contribution in [0.4, 0.5) is 0 Å². The topological polar surface area (TPSA) is 108 Å². The maximum Gasteiger partial charge on any atom is 0.244 e. The molecular weight excluding hydrogens is 464 g/mol. The van der Waals surface area contributed by atoms with Gasteiger partial charge >= 0.3 is 0 Å². The van der Waals surface area contributed by atoms with E-state index >= 15 is 0 Å². The molecule has 0 aliphatic carbocycles. The Kier molecular flexibility index (Phi) is 6.79. The van der Waals surface area contributed by atoms with Gasteiger partial charge in [-0.25, -0.2) is 13.4 Å². The average molecular weight is 485 g/mol. The molecule has 0 saturated carbocycles. The highest BCUT2D eigenvalue weighted by molar-refractivity contribution is 7.89. The first-order valence-electron chi connectivity index (χ1n) is 10.4. The summed E-state index contributed by atoms with van der Waals surface area (Å²) in [5.74, 6) is 0.976. The molecule has 2 aromatic carbocycles. The zero-order chi connectivity index (χ0) is 23.4. The molecule has 1 aliphatic heterocycles. The van der Waals surface area contributed by atoms with Crippen molar-refractivity contribution in [2.24, 2.45) is 0 Å². The number of piperazine rings is 1. The van der Waals surface area contributed by atoms with Gasteiger partial charge in [-0.1, -0.05) is 23.7 Å². The van der Waals surface area contributed by atoms with Gasteiger partial charge in [0, 0.05) is 49.6 Å². The Hall–Kier alpha value is -3.19. The summed E-state index contributed by atoms with van der Waals surface area (Å²) in [6, 6.07) is 15.2. The highest BCUT2D eigenvalue weighted by Crippen LogP contribution is 2.24. The molecule has 2 heterocycles. The second kappa shape index (κ2) is 9.75. The Balaban J connectivity index is 1.32. The van der Waals surface area contributed by atoms with Crippen LogP contribution in [0.3, 0.4) is 0 Å². The fraction of sp³-hybridized carbons (Fsp3) is 0.261. The molecule has 3 aromatic rings. The van der Waals surface area contributed by atoms with E-state index in [1.165, 1.54) is 16.4 Å². The predicted octanol–water partition coefficient (Wildman–Crippen LogP) is 3.33. The number of oxazole rings is 1. The molecule has 0 radical (unpaired) electrons. The zero-order valence-corrected chi connectivity index (χ0v) is 19.2. The van der Waals surface area contributed by atoms with E-state index in [1.54, 1.807) is 35.4 Å². The summed E-state index contributed by atoms with van der Waals surface area (Å²) < 4.78 is 32.9. The largest absolute Gasteiger partial charge is 0.441 e. The van der Waals surface area contributed by atoms with Crippen LogP contribution in [0.5, 0.6) is 0 Å². The van der Waals surface area contributed by atoms with Gasteiger partial charge in [0.25, 0.3) is 0 Å². The maximum atomic E-state index is 12.9. The molecule has 1 aromatic heterocycles. The molecule has 33 heavy (non-hydrogen) atoms. The Morgan fingerprint density at radius 1 is 1.09 bits per heavy atom. The summed E-state index contributed by atoms with van der Waals surface area (Å²) in [4.78, 5) is 18.5. The van der Waals surface area contributed by atoms with Crippen LogP contribution in [0.2, 0.25) is 5.02 Å².